The summed E-state index contributed by atoms with van der Waals surface area (Å²) in [6.45, 7) is 6.60. The molecule has 62 heavy (non-hydrogen) atoms. The predicted molar refractivity (Wildman–Crippen MR) is 226 cm³/mol. The van der Waals surface area contributed by atoms with E-state index in [0.717, 1.165) is 6.07 Å². The first-order valence-electron chi connectivity index (χ1n) is 20.7. The minimum Gasteiger partial charge on any atom is -0.485 e. The summed E-state index contributed by atoms with van der Waals surface area (Å²) in [7, 11) is -2.60. The van der Waals surface area contributed by atoms with Gasteiger partial charge in [-0.3, -0.25) is 25.0 Å². The van der Waals surface area contributed by atoms with Crippen molar-refractivity contribution in [2.45, 2.75) is 62.0 Å². The van der Waals surface area contributed by atoms with Crippen LogP contribution in [0.4, 0.5) is 32.5 Å². The van der Waals surface area contributed by atoms with Crippen molar-refractivity contribution in [1.29, 1.82) is 0 Å². The van der Waals surface area contributed by atoms with Gasteiger partial charge in [0, 0.05) is 66.2 Å². The van der Waals surface area contributed by atoms with Crippen LogP contribution in [-0.4, -0.2) is 108 Å². The third-order valence-electron chi connectivity index (χ3n) is 10.6. The number of halogens is 1. The van der Waals surface area contributed by atoms with E-state index in [0.29, 0.717) is 58.4 Å². The molecule has 320 valence electrons. The highest BCUT2D eigenvalue weighted by Crippen LogP contribution is 2.34. The monoisotopic (exact) mass is 864 g/mol. The van der Waals surface area contributed by atoms with Gasteiger partial charge < -0.3 is 15.0 Å². The van der Waals surface area contributed by atoms with Crippen LogP contribution in [0.5, 0.6) is 5.75 Å². The minimum absolute atomic E-state index is 0.0117. The molecule has 0 atom stereocenters. The smallest absolute Gasteiger partial charge is 0.329 e. The van der Waals surface area contributed by atoms with Crippen LogP contribution in [-0.2, 0) is 28.2 Å². The number of sulfone groups is 1. The highest BCUT2D eigenvalue weighted by Gasteiger charge is 2.35. The summed E-state index contributed by atoms with van der Waals surface area (Å²) in [4.78, 5) is 42.8. The van der Waals surface area contributed by atoms with E-state index < -0.39 is 33.7 Å². The Balaban J connectivity index is 0.918. The topological polar surface area (TPSA) is 214 Å². The second-order valence-corrected chi connectivity index (χ2v) is 17.8. The van der Waals surface area contributed by atoms with Crippen molar-refractivity contribution < 1.29 is 29.9 Å². The molecule has 2 fully saturated rings. The van der Waals surface area contributed by atoms with Gasteiger partial charge in [-0.15, -0.1) is 5.10 Å². The molecule has 21 heteroatoms. The van der Waals surface area contributed by atoms with Gasteiger partial charge in [-0.2, -0.15) is 19.7 Å². The average Bonchev–Trinajstić information content (AvgIpc) is 4.01. The van der Waals surface area contributed by atoms with Gasteiger partial charge >= 0.3 is 6.03 Å². The van der Waals surface area contributed by atoms with E-state index in [1.54, 1.807) is 29.0 Å². The van der Waals surface area contributed by atoms with Gasteiger partial charge in [0.05, 0.1) is 33.2 Å². The summed E-state index contributed by atoms with van der Waals surface area (Å²) >= 11 is 0. The maximum Gasteiger partial charge on any atom is 0.329 e. The van der Waals surface area contributed by atoms with E-state index in [1.807, 2.05) is 44.7 Å². The van der Waals surface area contributed by atoms with Crippen LogP contribution in [0.2, 0.25) is 0 Å². The number of urea groups is 1. The van der Waals surface area contributed by atoms with Gasteiger partial charge in [0.1, 0.15) is 23.7 Å². The first kappa shape index (κ1) is 38.0. The number of nitrogens with zero attached hydrogens (tertiary/aromatic N) is 11. The highest BCUT2D eigenvalue weighted by atomic mass is 32.2. The molecule has 0 saturated carbocycles. The summed E-state index contributed by atoms with van der Waals surface area (Å²) in [6, 6.07) is 12.2. The van der Waals surface area contributed by atoms with Crippen LogP contribution >= 0.6 is 0 Å². The Morgan fingerprint density at radius 3 is 2.58 bits per heavy atom. The van der Waals surface area contributed by atoms with Crippen LogP contribution < -0.4 is 25.2 Å². The fourth-order valence-electron chi connectivity index (χ4n) is 7.53. The Hall–Kier alpha value is -7.00. The lowest BCUT2D eigenvalue weighted by molar-refractivity contribution is -0.120. The number of ether oxygens (including phenoxy) is 1. The first-order valence-corrected chi connectivity index (χ1v) is 21.2. The maximum absolute atomic E-state index is 15.7. The van der Waals surface area contributed by atoms with Crippen LogP contribution in [0.3, 0.4) is 0 Å². The summed E-state index contributed by atoms with van der Waals surface area (Å²) < 4.78 is 71.5. The van der Waals surface area contributed by atoms with E-state index >= 15 is 4.39 Å². The Morgan fingerprint density at radius 2 is 1.84 bits per heavy atom. The zero-order valence-corrected chi connectivity index (χ0v) is 35.1. The predicted octanol–water partition coefficient (Wildman–Crippen LogP) is 4.85. The molecule has 7 heterocycles. The number of H-pyrrole nitrogens is 1. The van der Waals surface area contributed by atoms with Crippen LogP contribution in [0.1, 0.15) is 42.4 Å². The van der Waals surface area contributed by atoms with E-state index in [4.69, 9.17) is 9.72 Å². The number of hydrogen-bond donors (Lipinski definition) is 3. The number of piperazine rings is 1. The number of amides is 3. The number of aromatic amines is 1. The van der Waals surface area contributed by atoms with Gasteiger partial charge in [0.15, 0.2) is 17.2 Å². The molecular weight excluding hydrogens is 820 g/mol. The Labute approximate surface area is 357 Å². The highest BCUT2D eigenvalue weighted by molar-refractivity contribution is 7.91. The summed E-state index contributed by atoms with van der Waals surface area (Å²) in [5.74, 6) is 0.159. The van der Waals surface area contributed by atoms with Crippen molar-refractivity contribution >= 4 is 61.7 Å². The molecule has 0 radical (unpaired) electrons. The van der Waals surface area contributed by atoms with Gasteiger partial charge in [-0.1, -0.05) is 12.1 Å². The molecule has 0 aliphatic carbocycles. The molecule has 2 saturated heterocycles. The number of fused-ring (bicyclic) bond motifs is 2. The number of carbonyl (C=O) groups excluding carboxylic acids is 2. The Morgan fingerprint density at radius 1 is 1.02 bits per heavy atom. The van der Waals surface area contributed by atoms with Crippen molar-refractivity contribution in [2.24, 2.45) is 7.05 Å². The van der Waals surface area contributed by atoms with Crippen LogP contribution in [0, 0.1) is 5.82 Å². The number of anilines is 4. The molecule has 0 unspecified atom stereocenters. The number of carbonyl (C=O) groups is 2. The molecule has 5 aromatic heterocycles. The number of aromatic nitrogens is 9. The van der Waals surface area contributed by atoms with Crippen molar-refractivity contribution in [1.82, 2.24) is 54.8 Å². The normalized spacial score (nSPS) is 16.8. The summed E-state index contributed by atoms with van der Waals surface area (Å²) in [6.07, 6.45) is 4.62. The van der Waals surface area contributed by atoms with Crippen molar-refractivity contribution in [3.8, 4) is 17.0 Å². The van der Waals surface area contributed by atoms with Crippen LogP contribution in [0.15, 0.2) is 83.1 Å². The fourth-order valence-corrected chi connectivity index (χ4v) is 8.85. The van der Waals surface area contributed by atoms with Crippen molar-refractivity contribution in [3.05, 3.63) is 84.7 Å². The van der Waals surface area contributed by atoms with Crippen LogP contribution in [0.25, 0.3) is 27.9 Å². The lowest BCUT2D eigenvalue weighted by atomic mass is 9.97. The molecule has 3 amide bonds. The zero-order chi connectivity index (χ0) is 45.3. The number of benzene rings is 2. The quantitative estimate of drug-likeness (QED) is 0.159. The van der Waals surface area contributed by atoms with Gasteiger partial charge in [-0.05, 0) is 75.7 Å². The van der Waals surface area contributed by atoms with Crippen molar-refractivity contribution in [3.63, 3.8) is 0 Å². The molecule has 9 rings (SSSR count). The molecule has 19 nitrogen and oxygen atoms in total. The maximum atomic E-state index is 15.7. The minimum atomic E-state index is -4.32. The fraction of sp³-hybridized carbons (Fsp3) is 0.317. The van der Waals surface area contributed by atoms with Gasteiger partial charge in [0.25, 0.3) is 0 Å². The third-order valence-corrected chi connectivity index (χ3v) is 12.3. The number of pyridine rings is 1. The molecule has 2 aromatic carbocycles. The number of nitrogens with one attached hydrogen (secondary N) is 3. The molecule has 7 aromatic rings. The van der Waals surface area contributed by atoms with E-state index in [1.165, 1.54) is 52.1 Å². The number of aryl methyl sites for hydroxylation is 1. The molecule has 2 aliphatic heterocycles. The lowest BCUT2D eigenvalue weighted by Gasteiger charge is -2.47. The summed E-state index contributed by atoms with van der Waals surface area (Å²) in [5, 5.41) is 21.4. The second-order valence-electron chi connectivity index (χ2n) is 15.8. The zero-order valence-electron chi connectivity index (χ0n) is 36.3. The van der Waals surface area contributed by atoms with Crippen molar-refractivity contribution in [2.75, 3.05) is 41.3 Å². The lowest BCUT2D eigenvalue weighted by Crippen LogP contribution is -2.59. The van der Waals surface area contributed by atoms with E-state index in [2.05, 4.69) is 41.0 Å². The SMILES string of the molecule is [2H]C([2H])(c1cccc(S(=O)(=O)c2ccc(Nc3nc4c(OC(C)C)c(-c5cn[nH]c5)ncn4n3)c(F)c2)c1)N1CCN(c2ccc3c(N4CCC(=O)NC4=O)nn(C)c3n2)CC1(C)C. The number of rotatable bonds is 11. The Bertz CT molecular complexity index is 3090. The molecule has 2 aliphatic rings. The molecule has 0 spiro atoms. The first-order chi connectivity index (χ1) is 30.4. The third kappa shape index (κ3) is 7.53. The van der Waals surface area contributed by atoms with E-state index in [9.17, 15) is 20.7 Å². The molecular formula is C41H43FN14O5S. The standard InChI is InChI=1S/C41H43FN14O5S/c1-24(2)61-35-34(26-19-44-45-20-26)43-23-56-38(35)49-39(51-56)46-31-11-9-28(18-30(31)42)62(59,60)27-8-6-7-25(17-27)21-54-16-15-53(22-41(54,3)4)32-12-10-29-36(47-32)52(5)50-37(29)55-14-13-33(57)48-40(55)58/h6-12,17-20,23-24H,13-16,21-22H2,1-5H3,(H,44,45)(H,46,51)(H,48,57,58)/i21D2. The number of imide groups is 1. The molecule has 0 bridgehead atoms. The van der Waals surface area contributed by atoms with Gasteiger partial charge in [0.2, 0.25) is 27.3 Å². The van der Waals surface area contributed by atoms with Gasteiger partial charge in [-0.25, -0.2) is 32.3 Å². The average molecular weight is 865 g/mol. The second kappa shape index (κ2) is 15.5. The largest absolute Gasteiger partial charge is 0.485 e. The van der Waals surface area contributed by atoms with E-state index in [-0.39, 0.29) is 58.5 Å². The Kier molecular flexibility index (Phi) is 9.48. The molecule has 3 N–H and O–H groups in total. The summed E-state index contributed by atoms with van der Waals surface area (Å²) in [5.41, 5.74) is 1.24. The number of hydrogen-bond acceptors (Lipinski definition) is 14.